The van der Waals surface area contributed by atoms with Crippen LogP contribution in [0.1, 0.15) is 27.0 Å². The summed E-state index contributed by atoms with van der Waals surface area (Å²) in [4.78, 5) is 13.9. The molecule has 0 unspecified atom stereocenters. The van der Waals surface area contributed by atoms with E-state index in [2.05, 4.69) is 5.32 Å². The van der Waals surface area contributed by atoms with Gasteiger partial charge < -0.3 is 10.2 Å². The molecule has 2 aromatic rings. The van der Waals surface area contributed by atoms with Crippen molar-refractivity contribution < 1.29 is 18.0 Å². The van der Waals surface area contributed by atoms with Gasteiger partial charge in [0.05, 0.1) is 5.56 Å². The molecule has 0 bridgehead atoms. The molecule has 0 radical (unpaired) electrons. The van der Waals surface area contributed by atoms with E-state index >= 15 is 0 Å². The van der Waals surface area contributed by atoms with Crippen LogP contribution in [0.25, 0.3) is 0 Å². The van der Waals surface area contributed by atoms with Crippen molar-refractivity contribution in [3.8, 4) is 0 Å². The van der Waals surface area contributed by atoms with E-state index in [0.717, 1.165) is 29.8 Å². The molecule has 0 saturated carbocycles. The first-order chi connectivity index (χ1) is 11.8. The zero-order valence-electron chi connectivity index (χ0n) is 13.5. The molecule has 7 heteroatoms. The molecular weight excluding hydrogens is 353 g/mol. The van der Waals surface area contributed by atoms with Crippen LogP contribution in [-0.4, -0.2) is 24.4 Å². The quantitative estimate of drug-likeness (QED) is 0.858. The molecule has 0 aromatic heterocycles. The molecule has 132 valence electrons. The molecule has 0 atom stereocenters. The van der Waals surface area contributed by atoms with Gasteiger partial charge in [0, 0.05) is 36.4 Å². The van der Waals surface area contributed by atoms with Gasteiger partial charge in [0.1, 0.15) is 0 Å². The number of likely N-dealkylation sites (N-methyl/N-ethyl adjacent to an activating group) is 1. The lowest BCUT2D eigenvalue weighted by molar-refractivity contribution is -0.137. The minimum Gasteiger partial charge on any atom is -0.381 e. The van der Waals surface area contributed by atoms with Crippen LogP contribution in [0, 0.1) is 0 Å². The van der Waals surface area contributed by atoms with Crippen LogP contribution in [0.4, 0.5) is 18.9 Å². The Morgan fingerprint density at radius 2 is 2.00 bits per heavy atom. The zero-order valence-corrected chi connectivity index (χ0v) is 14.2. The Morgan fingerprint density at radius 3 is 2.68 bits per heavy atom. The fraction of sp³-hybridized carbons (Fsp3) is 0.278. The maximum Gasteiger partial charge on any atom is 0.416 e. The molecule has 0 spiro atoms. The summed E-state index contributed by atoms with van der Waals surface area (Å²) < 4.78 is 38.1. The Hall–Kier alpha value is -2.21. The van der Waals surface area contributed by atoms with Gasteiger partial charge in [0.2, 0.25) is 0 Å². The third-order valence-electron chi connectivity index (χ3n) is 4.30. The SMILES string of the molecule is CN1CCc2c(NCc3ccc(C(F)(F)F)cc3Cl)cccc2C1=O. The number of halogens is 4. The van der Waals surface area contributed by atoms with Crippen LogP contribution >= 0.6 is 11.6 Å². The highest BCUT2D eigenvalue weighted by atomic mass is 35.5. The monoisotopic (exact) mass is 368 g/mol. The van der Waals surface area contributed by atoms with Crippen molar-refractivity contribution in [3.05, 3.63) is 63.7 Å². The number of amides is 1. The van der Waals surface area contributed by atoms with Gasteiger partial charge in [-0.1, -0.05) is 23.7 Å². The van der Waals surface area contributed by atoms with E-state index in [9.17, 15) is 18.0 Å². The predicted octanol–water partition coefficient (Wildman–Crippen LogP) is 4.60. The van der Waals surface area contributed by atoms with Crippen LogP contribution in [0.5, 0.6) is 0 Å². The van der Waals surface area contributed by atoms with Crippen molar-refractivity contribution in [3.63, 3.8) is 0 Å². The van der Waals surface area contributed by atoms with E-state index in [1.807, 2.05) is 6.07 Å². The molecule has 0 aliphatic carbocycles. The molecule has 0 saturated heterocycles. The van der Waals surface area contributed by atoms with Gasteiger partial charge >= 0.3 is 6.18 Å². The molecule has 25 heavy (non-hydrogen) atoms. The maximum atomic E-state index is 12.7. The Bertz CT molecular complexity index is 820. The number of benzene rings is 2. The summed E-state index contributed by atoms with van der Waals surface area (Å²) in [5, 5.41) is 3.25. The van der Waals surface area contributed by atoms with Crippen LogP contribution in [0.15, 0.2) is 36.4 Å². The zero-order chi connectivity index (χ0) is 18.2. The largest absolute Gasteiger partial charge is 0.416 e. The minimum absolute atomic E-state index is 0.0301. The van der Waals surface area contributed by atoms with Gasteiger partial charge in [-0.3, -0.25) is 4.79 Å². The number of carbonyl (C=O) groups is 1. The summed E-state index contributed by atoms with van der Waals surface area (Å²) in [6.07, 6.45) is -3.69. The number of alkyl halides is 3. The second-order valence-corrected chi connectivity index (χ2v) is 6.37. The van der Waals surface area contributed by atoms with Crippen LogP contribution in [0.2, 0.25) is 5.02 Å². The van der Waals surface area contributed by atoms with Crippen molar-refractivity contribution in [2.24, 2.45) is 0 Å². The smallest absolute Gasteiger partial charge is 0.381 e. The minimum atomic E-state index is -4.42. The van der Waals surface area contributed by atoms with Crippen molar-refractivity contribution in [2.75, 3.05) is 18.9 Å². The number of nitrogens with zero attached hydrogens (tertiary/aromatic N) is 1. The van der Waals surface area contributed by atoms with Gasteiger partial charge in [0.25, 0.3) is 5.91 Å². The number of carbonyl (C=O) groups excluding carboxylic acids is 1. The van der Waals surface area contributed by atoms with E-state index in [1.165, 1.54) is 6.07 Å². The third-order valence-corrected chi connectivity index (χ3v) is 4.65. The van der Waals surface area contributed by atoms with E-state index < -0.39 is 11.7 Å². The number of rotatable bonds is 3. The average molecular weight is 369 g/mol. The maximum absolute atomic E-state index is 12.7. The highest BCUT2D eigenvalue weighted by Crippen LogP contribution is 2.32. The van der Waals surface area contributed by atoms with E-state index in [0.29, 0.717) is 17.7 Å². The molecule has 3 nitrogen and oxygen atoms in total. The summed E-state index contributed by atoms with van der Waals surface area (Å²) in [6.45, 7) is 0.906. The van der Waals surface area contributed by atoms with Crippen LogP contribution < -0.4 is 5.32 Å². The lowest BCUT2D eigenvalue weighted by atomic mass is 9.97. The van der Waals surface area contributed by atoms with E-state index in [-0.39, 0.29) is 17.5 Å². The molecule has 1 N–H and O–H groups in total. The first kappa shape index (κ1) is 17.6. The number of fused-ring (bicyclic) bond motifs is 1. The first-order valence-corrected chi connectivity index (χ1v) is 8.12. The van der Waals surface area contributed by atoms with Crippen molar-refractivity contribution in [2.45, 2.75) is 19.1 Å². The second-order valence-electron chi connectivity index (χ2n) is 5.97. The molecule has 2 aromatic carbocycles. The van der Waals surface area contributed by atoms with Gasteiger partial charge in [-0.05, 0) is 41.8 Å². The average Bonchev–Trinajstić information content (AvgIpc) is 2.56. The lowest BCUT2D eigenvalue weighted by Gasteiger charge is -2.26. The van der Waals surface area contributed by atoms with Gasteiger partial charge in [-0.25, -0.2) is 0 Å². The fourth-order valence-electron chi connectivity index (χ4n) is 2.87. The summed E-state index contributed by atoms with van der Waals surface area (Å²) in [7, 11) is 1.76. The van der Waals surface area contributed by atoms with Crippen molar-refractivity contribution >= 4 is 23.2 Å². The Balaban J connectivity index is 1.80. The number of hydrogen-bond donors (Lipinski definition) is 1. The summed E-state index contributed by atoms with van der Waals surface area (Å²) in [6, 6.07) is 8.73. The molecule has 3 rings (SSSR count). The van der Waals surface area contributed by atoms with Crippen molar-refractivity contribution in [1.29, 1.82) is 0 Å². The lowest BCUT2D eigenvalue weighted by Crippen LogP contribution is -2.34. The highest BCUT2D eigenvalue weighted by molar-refractivity contribution is 6.31. The third kappa shape index (κ3) is 3.58. The summed E-state index contributed by atoms with van der Waals surface area (Å²) >= 11 is 5.99. The molecule has 1 amide bonds. The summed E-state index contributed by atoms with van der Waals surface area (Å²) in [5.41, 5.74) is 2.17. The molecule has 0 fully saturated rings. The highest BCUT2D eigenvalue weighted by Gasteiger charge is 2.31. The topological polar surface area (TPSA) is 32.3 Å². The van der Waals surface area contributed by atoms with Gasteiger partial charge in [-0.15, -0.1) is 0 Å². The van der Waals surface area contributed by atoms with E-state index in [1.54, 1.807) is 24.1 Å². The number of nitrogens with one attached hydrogen (secondary N) is 1. The first-order valence-electron chi connectivity index (χ1n) is 7.74. The standard InChI is InChI=1S/C18H16ClF3N2O/c1-24-8-7-13-14(17(24)25)3-2-4-16(13)23-10-11-5-6-12(9-15(11)19)18(20,21)22/h2-6,9,23H,7-8,10H2,1H3. The Morgan fingerprint density at radius 1 is 1.24 bits per heavy atom. The van der Waals surface area contributed by atoms with Crippen LogP contribution in [0.3, 0.4) is 0 Å². The molecule has 1 aliphatic rings. The van der Waals surface area contributed by atoms with Gasteiger partial charge in [-0.2, -0.15) is 13.2 Å². The second kappa shape index (κ2) is 6.59. The number of anilines is 1. The molecule has 1 heterocycles. The van der Waals surface area contributed by atoms with Crippen LogP contribution in [-0.2, 0) is 19.1 Å². The molecular formula is C18H16ClF3N2O. The predicted molar refractivity (Wildman–Crippen MR) is 90.9 cm³/mol. The van der Waals surface area contributed by atoms with Crippen molar-refractivity contribution in [1.82, 2.24) is 4.90 Å². The van der Waals surface area contributed by atoms with E-state index in [4.69, 9.17) is 11.6 Å². The van der Waals surface area contributed by atoms with Gasteiger partial charge in [0.15, 0.2) is 0 Å². The fourth-order valence-corrected chi connectivity index (χ4v) is 3.11. The summed E-state index contributed by atoms with van der Waals surface area (Å²) in [5.74, 6) is -0.0301. The normalized spacial score (nSPS) is 14.4. The Labute approximate surface area is 148 Å². The molecule has 1 aliphatic heterocycles. The number of hydrogen-bond acceptors (Lipinski definition) is 2. The Kier molecular flexibility index (Phi) is 4.64.